The topological polar surface area (TPSA) is 66.5 Å². The lowest BCUT2D eigenvalue weighted by molar-refractivity contribution is -0.120. The molecule has 0 atom stereocenters. The van der Waals surface area contributed by atoms with E-state index < -0.39 is 10.0 Å². The van der Waals surface area contributed by atoms with E-state index in [2.05, 4.69) is 5.32 Å². The quantitative estimate of drug-likeness (QED) is 0.820. The highest BCUT2D eigenvalue weighted by Gasteiger charge is 2.24. The number of nitrogens with one attached hydrogen (secondary N) is 1. The summed E-state index contributed by atoms with van der Waals surface area (Å²) in [5.41, 5.74) is 0.924. The zero-order chi connectivity index (χ0) is 16.7. The minimum absolute atomic E-state index is 0.0255. The zero-order valence-corrected chi connectivity index (χ0v) is 13.9. The van der Waals surface area contributed by atoms with Gasteiger partial charge < -0.3 is 5.32 Å². The lowest BCUT2D eigenvalue weighted by Gasteiger charge is -2.25. The monoisotopic (exact) mass is 342 g/mol. The van der Waals surface area contributed by atoms with Gasteiger partial charge in [-0.1, -0.05) is 18.6 Å². The second-order valence-corrected chi connectivity index (χ2v) is 7.84. The summed E-state index contributed by atoms with van der Waals surface area (Å²) in [6.07, 6.45) is 3.41. The Bertz CT molecular complexity index is 611. The first-order chi connectivity index (χ1) is 11.0. The zero-order valence-electron chi connectivity index (χ0n) is 13.1. The predicted molar refractivity (Wildman–Crippen MR) is 86.9 cm³/mol. The molecule has 2 rings (SSSR count). The molecule has 0 aliphatic carbocycles. The standard InChI is InChI=1S/C16H23FN2O3S/c17-15-6-4-14(5-7-15)8-10-18-16(20)9-13-23(21,22)19-11-2-1-3-12-19/h4-7H,1-3,8-13H2,(H,18,20). The number of nitrogens with zero attached hydrogens (tertiary/aromatic N) is 1. The molecule has 7 heteroatoms. The summed E-state index contributed by atoms with van der Waals surface area (Å²) in [5, 5.41) is 2.71. The maximum atomic E-state index is 12.8. The molecule has 0 spiro atoms. The van der Waals surface area contributed by atoms with E-state index in [9.17, 15) is 17.6 Å². The summed E-state index contributed by atoms with van der Waals surface area (Å²) in [6, 6.07) is 6.09. The Balaban J connectivity index is 1.69. The van der Waals surface area contributed by atoms with E-state index in [1.807, 2.05) is 0 Å². The summed E-state index contributed by atoms with van der Waals surface area (Å²) in [4.78, 5) is 11.8. The number of sulfonamides is 1. The Morgan fingerprint density at radius 2 is 1.78 bits per heavy atom. The average Bonchev–Trinajstić information content (AvgIpc) is 2.56. The third-order valence-corrected chi connectivity index (χ3v) is 5.82. The first-order valence-electron chi connectivity index (χ1n) is 7.96. The van der Waals surface area contributed by atoms with Gasteiger partial charge in [-0.3, -0.25) is 4.79 Å². The minimum Gasteiger partial charge on any atom is -0.356 e. The van der Waals surface area contributed by atoms with Crippen molar-refractivity contribution in [2.24, 2.45) is 0 Å². The molecule has 1 saturated heterocycles. The summed E-state index contributed by atoms with van der Waals surface area (Å²) < 4.78 is 38.5. The van der Waals surface area contributed by atoms with Gasteiger partial charge >= 0.3 is 0 Å². The molecule has 0 aromatic heterocycles. The highest BCUT2D eigenvalue weighted by atomic mass is 32.2. The van der Waals surface area contributed by atoms with Crippen LogP contribution in [0.15, 0.2) is 24.3 Å². The van der Waals surface area contributed by atoms with E-state index in [-0.39, 0.29) is 23.9 Å². The summed E-state index contributed by atoms with van der Waals surface area (Å²) in [5.74, 6) is -0.705. The van der Waals surface area contributed by atoms with Gasteiger partial charge in [0.25, 0.3) is 0 Å². The van der Waals surface area contributed by atoms with Crippen molar-refractivity contribution in [3.05, 3.63) is 35.6 Å². The van der Waals surface area contributed by atoms with Crippen molar-refractivity contribution in [1.82, 2.24) is 9.62 Å². The molecule has 0 bridgehead atoms. The fourth-order valence-electron chi connectivity index (χ4n) is 2.58. The highest BCUT2D eigenvalue weighted by Crippen LogP contribution is 2.14. The maximum absolute atomic E-state index is 12.8. The van der Waals surface area contributed by atoms with Crippen LogP contribution in [0.3, 0.4) is 0 Å². The number of piperidine rings is 1. The van der Waals surface area contributed by atoms with Gasteiger partial charge in [-0.2, -0.15) is 0 Å². The molecule has 1 aliphatic heterocycles. The van der Waals surface area contributed by atoms with Crippen molar-refractivity contribution in [3.8, 4) is 0 Å². The summed E-state index contributed by atoms with van der Waals surface area (Å²) in [6.45, 7) is 1.54. The van der Waals surface area contributed by atoms with E-state index >= 15 is 0 Å². The molecule has 1 aromatic carbocycles. The van der Waals surface area contributed by atoms with Gasteiger partial charge in [0.1, 0.15) is 5.82 Å². The van der Waals surface area contributed by atoms with Crippen LogP contribution in [0, 0.1) is 5.82 Å². The molecule has 1 fully saturated rings. The molecule has 1 N–H and O–H groups in total. The molecule has 1 heterocycles. The maximum Gasteiger partial charge on any atom is 0.221 e. The molecule has 0 saturated carbocycles. The third kappa shape index (κ3) is 5.91. The number of hydrogen-bond donors (Lipinski definition) is 1. The van der Waals surface area contributed by atoms with Crippen molar-refractivity contribution in [2.45, 2.75) is 32.1 Å². The number of hydrogen-bond acceptors (Lipinski definition) is 3. The van der Waals surface area contributed by atoms with E-state index in [1.165, 1.54) is 16.4 Å². The van der Waals surface area contributed by atoms with Gasteiger partial charge in [-0.05, 0) is 37.0 Å². The largest absolute Gasteiger partial charge is 0.356 e. The highest BCUT2D eigenvalue weighted by molar-refractivity contribution is 7.89. The number of carbonyl (C=O) groups excluding carboxylic acids is 1. The van der Waals surface area contributed by atoms with Gasteiger partial charge in [0, 0.05) is 26.1 Å². The van der Waals surface area contributed by atoms with Gasteiger partial charge in [0.05, 0.1) is 5.75 Å². The molecule has 128 valence electrons. The third-order valence-electron chi connectivity index (χ3n) is 3.94. The van der Waals surface area contributed by atoms with Gasteiger partial charge in [-0.25, -0.2) is 17.1 Å². The predicted octanol–water partition coefficient (Wildman–Crippen LogP) is 1.69. The van der Waals surface area contributed by atoms with Crippen LogP contribution in [0.1, 0.15) is 31.2 Å². The van der Waals surface area contributed by atoms with Crippen molar-refractivity contribution in [3.63, 3.8) is 0 Å². The van der Waals surface area contributed by atoms with Crippen LogP contribution in [-0.4, -0.2) is 44.0 Å². The van der Waals surface area contributed by atoms with Crippen molar-refractivity contribution in [2.75, 3.05) is 25.4 Å². The van der Waals surface area contributed by atoms with Crippen LogP contribution in [-0.2, 0) is 21.2 Å². The number of amides is 1. The Hall–Kier alpha value is -1.47. The molecule has 5 nitrogen and oxygen atoms in total. The molecule has 23 heavy (non-hydrogen) atoms. The fourth-order valence-corrected chi connectivity index (χ4v) is 4.10. The van der Waals surface area contributed by atoms with Crippen LogP contribution in [0.4, 0.5) is 4.39 Å². The van der Waals surface area contributed by atoms with Crippen LogP contribution in [0.2, 0.25) is 0 Å². The fraction of sp³-hybridized carbons (Fsp3) is 0.562. The normalized spacial score (nSPS) is 16.2. The second kappa shape index (κ2) is 8.40. The molecular formula is C16H23FN2O3S. The number of rotatable bonds is 7. The Kier molecular flexibility index (Phi) is 6.53. The Labute approximate surface area is 136 Å². The number of benzene rings is 1. The first kappa shape index (κ1) is 17.9. The molecule has 1 amide bonds. The average molecular weight is 342 g/mol. The van der Waals surface area contributed by atoms with Gasteiger partial charge in [0.2, 0.25) is 15.9 Å². The van der Waals surface area contributed by atoms with E-state index in [4.69, 9.17) is 0 Å². The lowest BCUT2D eigenvalue weighted by atomic mass is 10.1. The Morgan fingerprint density at radius 1 is 1.13 bits per heavy atom. The molecule has 0 radical (unpaired) electrons. The SMILES string of the molecule is O=C(CCS(=O)(=O)N1CCCCC1)NCCc1ccc(F)cc1. The van der Waals surface area contributed by atoms with Crippen molar-refractivity contribution in [1.29, 1.82) is 0 Å². The number of carbonyl (C=O) groups is 1. The molecule has 1 aromatic rings. The van der Waals surface area contributed by atoms with Crippen LogP contribution in [0.25, 0.3) is 0 Å². The second-order valence-electron chi connectivity index (χ2n) is 5.75. The molecule has 0 unspecified atom stereocenters. The molecular weight excluding hydrogens is 319 g/mol. The molecule has 1 aliphatic rings. The number of halogens is 1. The van der Waals surface area contributed by atoms with E-state index in [0.717, 1.165) is 24.8 Å². The van der Waals surface area contributed by atoms with Gasteiger partial charge in [0.15, 0.2) is 0 Å². The van der Waals surface area contributed by atoms with Gasteiger partial charge in [-0.15, -0.1) is 0 Å². The van der Waals surface area contributed by atoms with Crippen molar-refractivity contribution >= 4 is 15.9 Å². The minimum atomic E-state index is -3.33. The van der Waals surface area contributed by atoms with E-state index in [1.54, 1.807) is 12.1 Å². The van der Waals surface area contributed by atoms with Crippen LogP contribution >= 0.6 is 0 Å². The summed E-state index contributed by atoms with van der Waals surface area (Å²) in [7, 11) is -3.33. The Morgan fingerprint density at radius 3 is 2.43 bits per heavy atom. The van der Waals surface area contributed by atoms with Crippen LogP contribution in [0.5, 0.6) is 0 Å². The van der Waals surface area contributed by atoms with E-state index in [0.29, 0.717) is 26.1 Å². The summed E-state index contributed by atoms with van der Waals surface area (Å²) >= 11 is 0. The van der Waals surface area contributed by atoms with Crippen LogP contribution < -0.4 is 5.32 Å². The smallest absolute Gasteiger partial charge is 0.221 e. The van der Waals surface area contributed by atoms with Crippen molar-refractivity contribution < 1.29 is 17.6 Å². The lowest BCUT2D eigenvalue weighted by Crippen LogP contribution is -2.38. The first-order valence-corrected chi connectivity index (χ1v) is 9.57.